The summed E-state index contributed by atoms with van der Waals surface area (Å²) < 4.78 is 21.6. The van der Waals surface area contributed by atoms with Crippen molar-refractivity contribution in [3.05, 3.63) is 75.6 Å². The summed E-state index contributed by atoms with van der Waals surface area (Å²) in [6.45, 7) is 5.76. The zero-order valence-corrected chi connectivity index (χ0v) is 28.3. The molecule has 0 atom stereocenters. The van der Waals surface area contributed by atoms with Crippen LogP contribution in [-0.2, 0) is 11.2 Å². The van der Waals surface area contributed by atoms with Crippen molar-refractivity contribution in [2.45, 2.75) is 45.4 Å². The molecule has 4 aromatic rings. The van der Waals surface area contributed by atoms with E-state index in [1.165, 1.54) is 30.7 Å². The van der Waals surface area contributed by atoms with E-state index in [1.54, 1.807) is 28.5 Å². The number of carboxylic acids is 1. The van der Waals surface area contributed by atoms with Crippen molar-refractivity contribution in [3.8, 4) is 17.6 Å². The summed E-state index contributed by atoms with van der Waals surface area (Å²) in [5.41, 5.74) is 3.81. The molecule has 3 aliphatic rings. The predicted octanol–water partition coefficient (Wildman–Crippen LogP) is 6.55. The Hall–Kier alpha value is -4.38. The first-order chi connectivity index (χ1) is 23.4. The third-order valence-electron chi connectivity index (χ3n) is 8.73. The lowest BCUT2D eigenvalue weighted by Gasteiger charge is -2.38. The normalized spacial score (nSPS) is 16.3. The van der Waals surface area contributed by atoms with Crippen LogP contribution in [0, 0.1) is 24.6 Å². The van der Waals surface area contributed by atoms with E-state index < -0.39 is 11.8 Å². The SMILES string of the molecule is Cc1c(Nc2nc3ccccc3s2)nnc2c1CCCN2N1CSC(CCCOc2ccc(C#CCN3CCCC3)cc2F)=C1C(=O)O. The predicted molar refractivity (Wildman–Crippen MR) is 188 cm³/mol. The number of anilines is 3. The van der Waals surface area contributed by atoms with Crippen molar-refractivity contribution in [2.24, 2.45) is 0 Å². The van der Waals surface area contributed by atoms with Crippen LogP contribution >= 0.6 is 23.1 Å². The molecule has 0 radical (unpaired) electrons. The minimum atomic E-state index is -0.991. The first-order valence-corrected chi connectivity index (χ1v) is 18.0. The molecule has 0 bridgehead atoms. The molecule has 2 N–H and O–H groups in total. The van der Waals surface area contributed by atoms with Gasteiger partial charge in [0.15, 0.2) is 34.0 Å². The minimum Gasteiger partial charge on any atom is -0.491 e. The van der Waals surface area contributed by atoms with Gasteiger partial charge in [-0.15, -0.1) is 22.0 Å². The van der Waals surface area contributed by atoms with Crippen LogP contribution in [0.5, 0.6) is 5.75 Å². The molecule has 5 heterocycles. The number of aliphatic carboxylic acids is 1. The number of benzene rings is 2. The van der Waals surface area contributed by atoms with E-state index in [1.807, 2.05) is 36.2 Å². The van der Waals surface area contributed by atoms with Gasteiger partial charge in [0, 0.05) is 28.1 Å². The molecule has 0 aliphatic carbocycles. The number of nitrogens with one attached hydrogen (secondary N) is 1. The topological polar surface area (TPSA) is 107 Å². The first kappa shape index (κ1) is 32.2. The molecular weight excluding hydrogens is 650 g/mol. The highest BCUT2D eigenvalue weighted by Crippen LogP contribution is 2.40. The van der Waals surface area contributed by atoms with Gasteiger partial charge in [-0.05, 0) is 88.9 Å². The van der Waals surface area contributed by atoms with E-state index >= 15 is 0 Å². The number of carboxylic acid groups (broad SMARTS) is 1. The molecule has 2 aromatic carbocycles. The van der Waals surface area contributed by atoms with Crippen LogP contribution in [0.25, 0.3) is 10.2 Å². The molecular formula is C35H36FN7O3S2. The fourth-order valence-corrected chi connectivity index (χ4v) is 8.30. The van der Waals surface area contributed by atoms with Gasteiger partial charge >= 0.3 is 5.97 Å². The molecule has 7 rings (SSSR count). The minimum absolute atomic E-state index is 0.170. The maximum atomic E-state index is 14.7. The van der Waals surface area contributed by atoms with Gasteiger partial charge in [-0.2, -0.15) is 0 Å². The Balaban J connectivity index is 0.990. The van der Waals surface area contributed by atoms with Crippen molar-refractivity contribution in [3.63, 3.8) is 0 Å². The average Bonchev–Trinajstić information content (AvgIpc) is 3.85. The van der Waals surface area contributed by atoms with E-state index in [-0.39, 0.29) is 18.1 Å². The smallest absolute Gasteiger partial charge is 0.354 e. The van der Waals surface area contributed by atoms with E-state index in [2.05, 4.69) is 37.2 Å². The van der Waals surface area contributed by atoms with Crippen LogP contribution in [0.2, 0.25) is 0 Å². The number of rotatable bonds is 10. The molecule has 3 aliphatic heterocycles. The second-order valence-corrected chi connectivity index (χ2v) is 14.0. The Kier molecular flexibility index (Phi) is 9.65. The highest BCUT2D eigenvalue weighted by molar-refractivity contribution is 8.03. The summed E-state index contributed by atoms with van der Waals surface area (Å²) in [5, 5.41) is 27.2. The summed E-state index contributed by atoms with van der Waals surface area (Å²) in [6.07, 6.45) is 5.14. The average molecular weight is 686 g/mol. The number of ether oxygens (including phenoxy) is 1. The number of aromatic nitrogens is 3. The number of carbonyl (C=O) groups is 1. The molecule has 0 unspecified atom stereocenters. The van der Waals surface area contributed by atoms with E-state index in [0.717, 1.165) is 57.3 Å². The number of likely N-dealkylation sites (tertiary alicyclic amines) is 1. The van der Waals surface area contributed by atoms with E-state index in [4.69, 9.17) is 4.74 Å². The Morgan fingerprint density at radius 3 is 2.77 bits per heavy atom. The second-order valence-electron chi connectivity index (χ2n) is 11.9. The van der Waals surface area contributed by atoms with Gasteiger partial charge in [0.2, 0.25) is 0 Å². The number of nitrogens with zero attached hydrogens (tertiary/aromatic N) is 6. The number of halogens is 1. The molecule has 1 saturated heterocycles. The maximum Gasteiger partial charge on any atom is 0.354 e. The summed E-state index contributed by atoms with van der Waals surface area (Å²) in [7, 11) is 0. The fourth-order valence-electron chi connectivity index (χ4n) is 6.27. The first-order valence-electron chi connectivity index (χ1n) is 16.2. The Morgan fingerprint density at radius 2 is 1.96 bits per heavy atom. The Bertz CT molecular complexity index is 1900. The summed E-state index contributed by atoms with van der Waals surface area (Å²) in [6, 6.07) is 12.8. The summed E-state index contributed by atoms with van der Waals surface area (Å²) >= 11 is 3.06. The molecule has 1 fully saturated rings. The Labute approximate surface area is 287 Å². The number of fused-ring (bicyclic) bond motifs is 2. The van der Waals surface area contributed by atoms with Crippen molar-refractivity contribution in [2.75, 3.05) is 49.0 Å². The largest absolute Gasteiger partial charge is 0.491 e. The number of hydrogen-bond donors (Lipinski definition) is 2. The third kappa shape index (κ3) is 6.92. The molecule has 0 saturated carbocycles. The quantitative estimate of drug-likeness (QED) is 0.140. The highest BCUT2D eigenvalue weighted by atomic mass is 32.2. The summed E-state index contributed by atoms with van der Waals surface area (Å²) in [4.78, 5) is 20.3. The van der Waals surface area contributed by atoms with Gasteiger partial charge in [-0.3, -0.25) is 14.9 Å². The Morgan fingerprint density at radius 1 is 1.10 bits per heavy atom. The van der Waals surface area contributed by atoms with Crippen molar-refractivity contribution >= 4 is 56.1 Å². The van der Waals surface area contributed by atoms with Gasteiger partial charge in [-0.1, -0.05) is 35.3 Å². The number of thioether (sulfide) groups is 1. The van der Waals surface area contributed by atoms with E-state index in [0.29, 0.717) is 49.0 Å². The maximum absolute atomic E-state index is 14.7. The number of hydrazine groups is 1. The number of allylic oxidation sites excluding steroid dienone is 1. The fraction of sp³-hybridized carbons (Fsp3) is 0.371. The van der Waals surface area contributed by atoms with Crippen LogP contribution in [0.1, 0.15) is 48.8 Å². The van der Waals surface area contributed by atoms with Gasteiger partial charge in [0.1, 0.15) is 0 Å². The van der Waals surface area contributed by atoms with Gasteiger partial charge in [0.05, 0.1) is 29.2 Å². The van der Waals surface area contributed by atoms with Gasteiger partial charge in [-0.25, -0.2) is 14.2 Å². The molecule has 48 heavy (non-hydrogen) atoms. The lowest BCUT2D eigenvalue weighted by atomic mass is 10.0. The molecule has 0 amide bonds. The number of hydrogen-bond acceptors (Lipinski definition) is 11. The molecule has 248 valence electrons. The molecule has 10 nitrogen and oxygen atoms in total. The van der Waals surface area contributed by atoms with Crippen molar-refractivity contribution < 1.29 is 19.0 Å². The van der Waals surface area contributed by atoms with Crippen LogP contribution in [-0.4, -0.2) is 74.8 Å². The van der Waals surface area contributed by atoms with Crippen LogP contribution in [0.15, 0.2) is 53.1 Å². The highest BCUT2D eigenvalue weighted by Gasteiger charge is 2.36. The van der Waals surface area contributed by atoms with E-state index in [9.17, 15) is 14.3 Å². The zero-order chi connectivity index (χ0) is 33.0. The number of thiazole rings is 1. The lowest BCUT2D eigenvalue weighted by molar-refractivity contribution is -0.134. The number of para-hydroxylation sites is 1. The standard InChI is InChI=1S/C35H36FN7O3S2/c1-23-25-10-7-19-42(33(25)40-39-32(23)38-35-37-27-11-2-3-12-29(27)48-35)43-22-47-30(31(43)34(44)45)13-8-20-46-28-15-14-24(21-26(28)36)9-6-18-41-16-4-5-17-41/h2-3,11-12,14-15,21H,4-5,7-8,10,13,16-20,22H2,1H3,(H,44,45)(H,37,38,39). The van der Waals surface area contributed by atoms with Crippen LogP contribution in [0.4, 0.5) is 21.2 Å². The third-order valence-corrected chi connectivity index (χ3v) is 10.8. The molecule has 2 aromatic heterocycles. The second kappa shape index (κ2) is 14.4. The van der Waals surface area contributed by atoms with Gasteiger partial charge in [0.25, 0.3) is 0 Å². The van der Waals surface area contributed by atoms with Crippen molar-refractivity contribution in [1.29, 1.82) is 0 Å². The van der Waals surface area contributed by atoms with Gasteiger partial charge < -0.3 is 15.2 Å². The van der Waals surface area contributed by atoms with Crippen molar-refractivity contribution in [1.82, 2.24) is 25.1 Å². The monoisotopic (exact) mass is 685 g/mol. The zero-order valence-electron chi connectivity index (χ0n) is 26.7. The molecule has 0 spiro atoms. The molecule has 13 heteroatoms. The van der Waals surface area contributed by atoms with Crippen LogP contribution in [0.3, 0.4) is 0 Å². The summed E-state index contributed by atoms with van der Waals surface area (Å²) in [5.74, 6) is 6.69. The van der Waals surface area contributed by atoms with Crippen LogP contribution < -0.4 is 15.1 Å². The lowest BCUT2D eigenvalue weighted by Crippen LogP contribution is -2.46.